The number of benzene rings is 1. The molecule has 1 aromatic rings. The minimum atomic E-state index is -0.0252. The Balaban J connectivity index is 1.44. The number of rotatable bonds is 8. The Morgan fingerprint density at radius 2 is 1.50 bits per heavy atom. The molecule has 0 saturated carbocycles. The highest BCUT2D eigenvalue weighted by Gasteiger charge is 2.25. The lowest BCUT2D eigenvalue weighted by Crippen LogP contribution is -2.52. The molecule has 2 aliphatic heterocycles. The molecule has 1 aromatic carbocycles. The molecule has 1 unspecified atom stereocenters. The lowest BCUT2D eigenvalue weighted by molar-refractivity contribution is -0.132. The number of nitrogens with zero attached hydrogens (tertiary/aromatic N) is 3. The fraction of sp³-hybridized carbons (Fsp3) is 0.652. The highest BCUT2D eigenvalue weighted by atomic mass is 16.5. The van der Waals surface area contributed by atoms with Gasteiger partial charge in [-0.05, 0) is 36.5 Å². The summed E-state index contributed by atoms with van der Waals surface area (Å²) in [6.07, 6.45) is 2.26. The molecule has 1 N–H and O–H groups in total. The van der Waals surface area contributed by atoms with E-state index in [1.807, 2.05) is 29.2 Å². The SMILES string of the molecule is COc1ccc(C(NC(=O)CN2CCN(CC(=O)N3CCCC3)CC2)C(C)C)cc1. The van der Waals surface area contributed by atoms with Gasteiger partial charge in [-0.15, -0.1) is 0 Å². The molecule has 0 radical (unpaired) electrons. The van der Waals surface area contributed by atoms with Crippen LogP contribution in [0.2, 0.25) is 0 Å². The van der Waals surface area contributed by atoms with Crippen LogP contribution in [0, 0.1) is 5.92 Å². The first-order valence-corrected chi connectivity index (χ1v) is 11.1. The van der Waals surface area contributed by atoms with E-state index in [2.05, 4.69) is 29.0 Å². The van der Waals surface area contributed by atoms with E-state index in [1.54, 1.807) is 7.11 Å². The van der Waals surface area contributed by atoms with E-state index in [4.69, 9.17) is 4.74 Å². The Hall–Kier alpha value is -2.12. The Bertz CT molecular complexity index is 693. The van der Waals surface area contributed by atoms with E-state index in [0.717, 1.165) is 63.4 Å². The first kappa shape index (κ1) is 22.6. The van der Waals surface area contributed by atoms with Crippen LogP contribution in [-0.2, 0) is 9.59 Å². The summed E-state index contributed by atoms with van der Waals surface area (Å²) in [5, 5.41) is 3.20. The molecule has 7 nitrogen and oxygen atoms in total. The molecule has 2 heterocycles. The topological polar surface area (TPSA) is 65.1 Å². The highest BCUT2D eigenvalue weighted by molar-refractivity contribution is 5.79. The predicted molar refractivity (Wildman–Crippen MR) is 117 cm³/mol. The van der Waals surface area contributed by atoms with E-state index < -0.39 is 0 Å². The van der Waals surface area contributed by atoms with Crippen molar-refractivity contribution >= 4 is 11.8 Å². The number of amides is 2. The maximum absolute atomic E-state index is 12.7. The Morgan fingerprint density at radius 3 is 2.03 bits per heavy atom. The summed E-state index contributed by atoms with van der Waals surface area (Å²) in [6, 6.07) is 7.86. The average Bonchev–Trinajstić information content (AvgIpc) is 3.28. The van der Waals surface area contributed by atoms with Crippen molar-refractivity contribution in [3.63, 3.8) is 0 Å². The number of carbonyl (C=O) groups is 2. The number of ether oxygens (including phenoxy) is 1. The zero-order chi connectivity index (χ0) is 21.5. The summed E-state index contributed by atoms with van der Waals surface area (Å²) in [4.78, 5) is 31.4. The largest absolute Gasteiger partial charge is 0.497 e. The van der Waals surface area contributed by atoms with Crippen molar-refractivity contribution in [2.24, 2.45) is 5.92 Å². The van der Waals surface area contributed by atoms with E-state index in [1.165, 1.54) is 0 Å². The number of carbonyl (C=O) groups excluding carboxylic acids is 2. The van der Waals surface area contributed by atoms with Crippen LogP contribution in [0.25, 0.3) is 0 Å². The maximum Gasteiger partial charge on any atom is 0.236 e. The molecular formula is C23H36N4O3. The summed E-state index contributed by atoms with van der Waals surface area (Å²) in [6.45, 7) is 10.2. The molecular weight excluding hydrogens is 380 g/mol. The smallest absolute Gasteiger partial charge is 0.236 e. The molecule has 1 atom stereocenters. The minimum absolute atomic E-state index is 0.0252. The van der Waals surface area contributed by atoms with Gasteiger partial charge in [0.1, 0.15) is 5.75 Å². The summed E-state index contributed by atoms with van der Waals surface area (Å²) < 4.78 is 5.23. The van der Waals surface area contributed by atoms with Crippen molar-refractivity contribution in [1.82, 2.24) is 20.0 Å². The lowest BCUT2D eigenvalue weighted by atomic mass is 9.96. The zero-order valence-corrected chi connectivity index (χ0v) is 18.6. The van der Waals surface area contributed by atoms with Gasteiger partial charge in [-0.2, -0.15) is 0 Å². The number of nitrogens with one attached hydrogen (secondary N) is 1. The average molecular weight is 417 g/mol. The Kier molecular flexibility index (Phi) is 8.10. The Morgan fingerprint density at radius 1 is 0.933 bits per heavy atom. The second kappa shape index (κ2) is 10.8. The predicted octanol–water partition coefficient (Wildman–Crippen LogP) is 1.75. The van der Waals surface area contributed by atoms with Gasteiger partial charge in [0.2, 0.25) is 11.8 Å². The number of likely N-dealkylation sites (tertiary alicyclic amines) is 1. The first-order chi connectivity index (χ1) is 14.5. The molecule has 3 rings (SSSR count). The summed E-state index contributed by atoms with van der Waals surface area (Å²) in [7, 11) is 1.65. The molecule has 166 valence electrons. The van der Waals surface area contributed by atoms with Crippen LogP contribution in [0.5, 0.6) is 5.75 Å². The second-order valence-electron chi connectivity index (χ2n) is 8.70. The van der Waals surface area contributed by atoms with Gasteiger partial charge in [0.25, 0.3) is 0 Å². The monoisotopic (exact) mass is 416 g/mol. The van der Waals surface area contributed by atoms with Gasteiger partial charge in [0.15, 0.2) is 0 Å². The van der Waals surface area contributed by atoms with Crippen molar-refractivity contribution < 1.29 is 14.3 Å². The number of hydrogen-bond acceptors (Lipinski definition) is 5. The standard InChI is InChI=1S/C23H36N4O3/c1-18(2)23(19-6-8-20(30-3)9-7-19)24-21(28)16-25-12-14-26(15-13-25)17-22(29)27-10-4-5-11-27/h6-9,18,23H,4-5,10-17H2,1-3H3,(H,24,28). The molecule has 0 spiro atoms. The maximum atomic E-state index is 12.7. The van der Waals surface area contributed by atoms with Gasteiger partial charge in [-0.3, -0.25) is 19.4 Å². The first-order valence-electron chi connectivity index (χ1n) is 11.1. The van der Waals surface area contributed by atoms with Crippen LogP contribution >= 0.6 is 0 Å². The molecule has 30 heavy (non-hydrogen) atoms. The van der Waals surface area contributed by atoms with Crippen LogP contribution in [0.15, 0.2) is 24.3 Å². The number of piperazine rings is 1. The van der Waals surface area contributed by atoms with Gasteiger partial charge < -0.3 is 15.0 Å². The van der Waals surface area contributed by atoms with Gasteiger partial charge in [0.05, 0.1) is 26.2 Å². The number of hydrogen-bond donors (Lipinski definition) is 1. The molecule has 2 aliphatic rings. The molecule has 0 aromatic heterocycles. The molecule has 0 aliphatic carbocycles. The molecule has 2 amide bonds. The van der Waals surface area contributed by atoms with E-state index in [9.17, 15) is 9.59 Å². The molecule has 2 fully saturated rings. The van der Waals surface area contributed by atoms with E-state index in [-0.39, 0.29) is 23.8 Å². The van der Waals surface area contributed by atoms with Crippen LogP contribution in [0.1, 0.15) is 38.3 Å². The van der Waals surface area contributed by atoms with Crippen molar-refractivity contribution in [1.29, 1.82) is 0 Å². The third kappa shape index (κ3) is 6.19. The minimum Gasteiger partial charge on any atom is -0.497 e. The lowest BCUT2D eigenvalue weighted by Gasteiger charge is -2.35. The van der Waals surface area contributed by atoms with Gasteiger partial charge in [-0.1, -0.05) is 26.0 Å². The van der Waals surface area contributed by atoms with Crippen LogP contribution in [0.3, 0.4) is 0 Å². The van der Waals surface area contributed by atoms with Gasteiger partial charge >= 0.3 is 0 Å². The highest BCUT2D eigenvalue weighted by Crippen LogP contribution is 2.24. The van der Waals surface area contributed by atoms with Gasteiger partial charge in [0, 0.05) is 39.3 Å². The van der Waals surface area contributed by atoms with E-state index >= 15 is 0 Å². The third-order valence-corrected chi connectivity index (χ3v) is 6.11. The zero-order valence-electron chi connectivity index (χ0n) is 18.6. The Labute approximate surface area is 180 Å². The molecule has 0 bridgehead atoms. The van der Waals surface area contributed by atoms with E-state index in [0.29, 0.717) is 13.1 Å². The second-order valence-corrected chi connectivity index (χ2v) is 8.70. The fourth-order valence-corrected chi connectivity index (χ4v) is 4.23. The fourth-order valence-electron chi connectivity index (χ4n) is 4.23. The van der Waals surface area contributed by atoms with Crippen LogP contribution in [-0.4, -0.2) is 86.0 Å². The normalized spacial score (nSPS) is 19.1. The molecule has 7 heteroatoms. The van der Waals surface area contributed by atoms with Crippen molar-refractivity contribution in [3.8, 4) is 5.75 Å². The van der Waals surface area contributed by atoms with Crippen molar-refractivity contribution in [2.75, 3.05) is 59.5 Å². The van der Waals surface area contributed by atoms with Crippen molar-refractivity contribution in [2.45, 2.75) is 32.7 Å². The summed E-state index contributed by atoms with van der Waals surface area (Å²) in [5.41, 5.74) is 1.09. The number of methoxy groups -OCH3 is 1. The van der Waals surface area contributed by atoms with Gasteiger partial charge in [-0.25, -0.2) is 0 Å². The van der Waals surface area contributed by atoms with Crippen LogP contribution < -0.4 is 10.1 Å². The summed E-state index contributed by atoms with van der Waals surface area (Å²) in [5.74, 6) is 1.40. The quantitative estimate of drug-likeness (QED) is 0.700. The third-order valence-electron chi connectivity index (χ3n) is 6.11. The van der Waals surface area contributed by atoms with Crippen molar-refractivity contribution in [3.05, 3.63) is 29.8 Å². The van der Waals surface area contributed by atoms with Crippen LogP contribution in [0.4, 0.5) is 0 Å². The summed E-state index contributed by atoms with van der Waals surface area (Å²) >= 11 is 0. The molecule has 2 saturated heterocycles.